The Labute approximate surface area is 485 Å². The molecular weight excluding hydrogens is 961 g/mol. The van der Waals surface area contributed by atoms with E-state index in [1.165, 1.54) is 225 Å². The van der Waals surface area contributed by atoms with Crippen LogP contribution < -0.4 is 0 Å². The fraction of sp³-hybridized carbons (Fsp3) is 0.819. The van der Waals surface area contributed by atoms with Gasteiger partial charge in [-0.3, -0.25) is 14.4 Å². The molecule has 1 unspecified atom stereocenters. The van der Waals surface area contributed by atoms with Gasteiger partial charge in [0.05, 0.1) is 0 Å². The van der Waals surface area contributed by atoms with Gasteiger partial charge in [-0.05, 0) is 83.5 Å². The molecule has 0 spiro atoms. The zero-order valence-electron chi connectivity index (χ0n) is 52.2. The standard InChI is InChI=1S/C72H130O6/c1-4-7-10-13-16-19-22-25-27-29-31-32-33-34-35-36-37-38-39-40-42-43-45-47-50-53-56-59-62-65-71(74)77-68-69(67-76-70(73)64-61-58-55-52-49-24-21-18-15-12-9-6-3)78-72(75)66-63-60-57-54-51-48-46-44-41-30-28-26-23-20-17-14-11-8-5-2/h8,11,17,20,26,28-29,31,41,44,69H,4-7,9-10,12-16,18-19,21-25,27,30,32-40,42-43,45-68H2,1-3H3/b11-8-,20-17-,28-26-,31-29-,44-41-. The Morgan fingerprint density at radius 2 is 0.500 bits per heavy atom. The molecule has 0 aromatic rings. The van der Waals surface area contributed by atoms with Crippen LogP contribution in [0.25, 0.3) is 0 Å². The highest BCUT2D eigenvalue weighted by Crippen LogP contribution is 2.18. The fourth-order valence-corrected chi connectivity index (χ4v) is 10.1. The molecule has 0 bridgehead atoms. The first-order chi connectivity index (χ1) is 38.5. The number of unbranched alkanes of at least 4 members (excludes halogenated alkanes) is 42. The summed E-state index contributed by atoms with van der Waals surface area (Å²) in [7, 11) is 0. The molecular formula is C72H130O6. The normalized spacial score (nSPS) is 12.4. The van der Waals surface area contributed by atoms with E-state index in [0.29, 0.717) is 19.3 Å². The van der Waals surface area contributed by atoms with Crippen molar-refractivity contribution < 1.29 is 28.6 Å². The Bertz CT molecular complexity index is 1390. The van der Waals surface area contributed by atoms with Gasteiger partial charge in [-0.2, -0.15) is 0 Å². The molecule has 0 aromatic heterocycles. The van der Waals surface area contributed by atoms with Crippen LogP contribution in [0.1, 0.15) is 361 Å². The third-order valence-electron chi connectivity index (χ3n) is 15.3. The summed E-state index contributed by atoms with van der Waals surface area (Å²) in [6.07, 6.45) is 85.4. The maximum absolute atomic E-state index is 12.9. The van der Waals surface area contributed by atoms with Crippen molar-refractivity contribution in [2.75, 3.05) is 13.2 Å². The minimum atomic E-state index is -0.780. The zero-order valence-corrected chi connectivity index (χ0v) is 52.2. The summed E-state index contributed by atoms with van der Waals surface area (Å²) < 4.78 is 16.9. The minimum Gasteiger partial charge on any atom is -0.462 e. The molecule has 0 heterocycles. The quantitative estimate of drug-likeness (QED) is 0.0261. The smallest absolute Gasteiger partial charge is 0.306 e. The molecule has 0 aromatic carbocycles. The van der Waals surface area contributed by atoms with Crippen LogP contribution in [0, 0.1) is 0 Å². The van der Waals surface area contributed by atoms with Crippen molar-refractivity contribution in [3.63, 3.8) is 0 Å². The number of carbonyl (C=O) groups excluding carboxylic acids is 3. The second-order valence-electron chi connectivity index (χ2n) is 23.1. The molecule has 0 N–H and O–H groups in total. The summed E-state index contributed by atoms with van der Waals surface area (Å²) in [5.74, 6) is -0.869. The van der Waals surface area contributed by atoms with Crippen LogP contribution in [0.4, 0.5) is 0 Å². The first-order valence-electron chi connectivity index (χ1n) is 34.3. The minimum absolute atomic E-state index is 0.0759. The van der Waals surface area contributed by atoms with Crippen molar-refractivity contribution in [2.45, 2.75) is 367 Å². The number of allylic oxidation sites excluding steroid dienone is 10. The lowest BCUT2D eigenvalue weighted by molar-refractivity contribution is -0.167. The van der Waals surface area contributed by atoms with Gasteiger partial charge in [-0.15, -0.1) is 0 Å². The average molecular weight is 1090 g/mol. The highest BCUT2D eigenvalue weighted by molar-refractivity contribution is 5.71. The van der Waals surface area contributed by atoms with Crippen LogP contribution in [-0.2, 0) is 28.6 Å². The molecule has 0 saturated heterocycles. The van der Waals surface area contributed by atoms with Gasteiger partial charge in [0, 0.05) is 19.3 Å². The molecule has 6 heteroatoms. The first kappa shape index (κ1) is 75.1. The van der Waals surface area contributed by atoms with Crippen molar-refractivity contribution in [2.24, 2.45) is 0 Å². The number of esters is 3. The number of hydrogen-bond donors (Lipinski definition) is 0. The van der Waals surface area contributed by atoms with Crippen molar-refractivity contribution in [3.05, 3.63) is 60.8 Å². The number of carbonyl (C=O) groups is 3. The fourth-order valence-electron chi connectivity index (χ4n) is 10.1. The average Bonchev–Trinajstić information content (AvgIpc) is 3.44. The second-order valence-corrected chi connectivity index (χ2v) is 23.1. The van der Waals surface area contributed by atoms with Crippen LogP contribution >= 0.6 is 0 Å². The molecule has 0 radical (unpaired) electrons. The molecule has 454 valence electrons. The summed E-state index contributed by atoms with van der Waals surface area (Å²) in [4.78, 5) is 38.3. The first-order valence-corrected chi connectivity index (χ1v) is 34.3. The maximum Gasteiger partial charge on any atom is 0.306 e. The molecule has 6 nitrogen and oxygen atoms in total. The van der Waals surface area contributed by atoms with Crippen LogP contribution in [0.2, 0.25) is 0 Å². The van der Waals surface area contributed by atoms with Crippen LogP contribution in [0.3, 0.4) is 0 Å². The molecule has 0 amide bonds. The molecule has 0 aliphatic rings. The maximum atomic E-state index is 12.9. The lowest BCUT2D eigenvalue weighted by atomic mass is 10.0. The van der Waals surface area contributed by atoms with E-state index in [9.17, 15) is 14.4 Å². The number of rotatable bonds is 63. The van der Waals surface area contributed by atoms with Crippen molar-refractivity contribution in [3.8, 4) is 0 Å². The van der Waals surface area contributed by atoms with E-state index in [1.54, 1.807) is 0 Å². The highest BCUT2D eigenvalue weighted by Gasteiger charge is 2.19. The second kappa shape index (κ2) is 66.6. The lowest BCUT2D eigenvalue weighted by Gasteiger charge is -2.18. The SMILES string of the molecule is CC/C=C\C/C=C\C/C=C\C/C=C\CCCCCCCCC(=O)OC(COC(=O)CCCCCCCCCCCCCC)COC(=O)CCCCCCCCCCCCCCCCCCC/C=C\CCCCCCCCCC. The van der Waals surface area contributed by atoms with Gasteiger partial charge in [-0.25, -0.2) is 0 Å². The summed E-state index contributed by atoms with van der Waals surface area (Å²) >= 11 is 0. The number of hydrogen-bond acceptors (Lipinski definition) is 6. The van der Waals surface area contributed by atoms with Gasteiger partial charge in [0.15, 0.2) is 6.10 Å². The number of ether oxygens (including phenoxy) is 3. The molecule has 0 fully saturated rings. The molecule has 78 heavy (non-hydrogen) atoms. The summed E-state index contributed by atoms with van der Waals surface area (Å²) in [6.45, 7) is 6.56. The van der Waals surface area contributed by atoms with E-state index in [0.717, 1.165) is 96.3 Å². The molecule has 0 saturated carbocycles. The zero-order chi connectivity index (χ0) is 56.4. The molecule has 0 aliphatic heterocycles. The van der Waals surface area contributed by atoms with Crippen molar-refractivity contribution in [1.82, 2.24) is 0 Å². The summed E-state index contributed by atoms with van der Waals surface area (Å²) in [5, 5.41) is 0. The predicted octanol–water partition coefficient (Wildman–Crippen LogP) is 23.5. The van der Waals surface area contributed by atoms with Gasteiger partial charge >= 0.3 is 17.9 Å². The van der Waals surface area contributed by atoms with Crippen LogP contribution in [0.15, 0.2) is 60.8 Å². The Hall–Kier alpha value is -2.89. The van der Waals surface area contributed by atoms with E-state index < -0.39 is 6.10 Å². The Kier molecular flexibility index (Phi) is 64.2. The van der Waals surface area contributed by atoms with Crippen molar-refractivity contribution in [1.29, 1.82) is 0 Å². The van der Waals surface area contributed by atoms with E-state index in [-0.39, 0.29) is 31.1 Å². The van der Waals surface area contributed by atoms with Gasteiger partial charge < -0.3 is 14.2 Å². The van der Waals surface area contributed by atoms with Crippen molar-refractivity contribution >= 4 is 17.9 Å². The topological polar surface area (TPSA) is 78.9 Å². The Morgan fingerprint density at radius 3 is 0.795 bits per heavy atom. The third kappa shape index (κ3) is 63.9. The van der Waals surface area contributed by atoms with Gasteiger partial charge in [0.2, 0.25) is 0 Å². The molecule has 0 aliphatic carbocycles. The molecule has 0 rings (SSSR count). The lowest BCUT2D eigenvalue weighted by Crippen LogP contribution is -2.30. The van der Waals surface area contributed by atoms with Crippen LogP contribution in [-0.4, -0.2) is 37.2 Å². The van der Waals surface area contributed by atoms with Gasteiger partial charge in [0.25, 0.3) is 0 Å². The Morgan fingerprint density at radius 1 is 0.269 bits per heavy atom. The molecule has 1 atom stereocenters. The van der Waals surface area contributed by atoms with E-state index in [4.69, 9.17) is 14.2 Å². The summed E-state index contributed by atoms with van der Waals surface area (Å²) in [6, 6.07) is 0. The predicted molar refractivity (Wildman–Crippen MR) is 339 cm³/mol. The highest BCUT2D eigenvalue weighted by atomic mass is 16.6. The van der Waals surface area contributed by atoms with Crippen LogP contribution in [0.5, 0.6) is 0 Å². The van der Waals surface area contributed by atoms with Gasteiger partial charge in [0.1, 0.15) is 13.2 Å². The van der Waals surface area contributed by atoms with Gasteiger partial charge in [-0.1, -0.05) is 319 Å². The third-order valence-corrected chi connectivity index (χ3v) is 15.3. The largest absolute Gasteiger partial charge is 0.462 e. The Balaban J connectivity index is 4.20. The monoisotopic (exact) mass is 1090 g/mol. The van der Waals surface area contributed by atoms with E-state index in [1.807, 2.05) is 0 Å². The van der Waals surface area contributed by atoms with E-state index >= 15 is 0 Å². The summed E-state index contributed by atoms with van der Waals surface area (Å²) in [5.41, 5.74) is 0. The van der Waals surface area contributed by atoms with E-state index in [2.05, 4.69) is 81.5 Å².